The topological polar surface area (TPSA) is 74.6 Å². The van der Waals surface area contributed by atoms with Crippen LogP contribution in [0.4, 0.5) is 17.6 Å². The van der Waals surface area contributed by atoms with Crippen LogP contribution >= 0.6 is 0 Å². The predicted molar refractivity (Wildman–Crippen MR) is 88.4 cm³/mol. The highest BCUT2D eigenvalue weighted by atomic mass is 19.4. The Labute approximate surface area is 151 Å². The lowest BCUT2D eigenvalue weighted by Crippen LogP contribution is -2.33. The van der Waals surface area contributed by atoms with Gasteiger partial charge in [-0.2, -0.15) is 13.2 Å². The molecule has 3 rings (SSSR count). The van der Waals surface area contributed by atoms with Crippen LogP contribution in [0.3, 0.4) is 0 Å². The van der Waals surface area contributed by atoms with Crippen molar-refractivity contribution in [2.75, 3.05) is 0 Å². The van der Waals surface area contributed by atoms with E-state index in [0.29, 0.717) is 11.8 Å². The summed E-state index contributed by atoms with van der Waals surface area (Å²) in [5.41, 5.74) is -1.81. The highest BCUT2D eigenvalue weighted by Gasteiger charge is 2.38. The fourth-order valence-corrected chi connectivity index (χ4v) is 2.79. The molecular formula is C18H13F4N3O2. The van der Waals surface area contributed by atoms with Gasteiger partial charge in [-0.1, -0.05) is 18.2 Å². The van der Waals surface area contributed by atoms with Gasteiger partial charge in [0.15, 0.2) is 5.84 Å². The van der Waals surface area contributed by atoms with E-state index in [9.17, 15) is 27.5 Å². The average molecular weight is 379 g/mol. The fourth-order valence-electron chi connectivity index (χ4n) is 2.79. The summed E-state index contributed by atoms with van der Waals surface area (Å²) in [6.45, 7) is 1.43. The molecular weight excluding hydrogens is 366 g/mol. The molecule has 140 valence electrons. The van der Waals surface area contributed by atoms with Crippen molar-refractivity contribution < 1.29 is 27.5 Å². The van der Waals surface area contributed by atoms with Crippen LogP contribution in [-0.2, 0) is 11.0 Å². The molecule has 0 saturated carbocycles. The Kier molecular flexibility index (Phi) is 4.69. The highest BCUT2D eigenvalue weighted by Crippen LogP contribution is 2.38. The molecule has 2 heterocycles. The minimum absolute atomic E-state index is 0.139. The van der Waals surface area contributed by atoms with Crippen LogP contribution in [0.25, 0.3) is 0 Å². The molecule has 9 heteroatoms. The summed E-state index contributed by atoms with van der Waals surface area (Å²) in [4.78, 5) is 19.9. The van der Waals surface area contributed by atoms with Crippen molar-refractivity contribution in [2.45, 2.75) is 19.1 Å². The summed E-state index contributed by atoms with van der Waals surface area (Å²) in [6, 6.07) is 6.16. The molecule has 0 fully saturated rings. The summed E-state index contributed by atoms with van der Waals surface area (Å²) in [5, 5.41) is 12.3. The molecule has 0 spiro atoms. The lowest BCUT2D eigenvalue weighted by molar-refractivity contribution is -0.140. The maximum atomic E-state index is 14.6. The molecule has 0 radical (unpaired) electrons. The van der Waals surface area contributed by atoms with Crippen molar-refractivity contribution in [2.24, 2.45) is 4.99 Å². The van der Waals surface area contributed by atoms with Gasteiger partial charge >= 0.3 is 12.1 Å². The van der Waals surface area contributed by atoms with Crippen molar-refractivity contribution in [1.82, 2.24) is 10.3 Å². The quantitative estimate of drug-likeness (QED) is 0.798. The number of nitrogens with one attached hydrogen (secondary N) is 1. The molecule has 0 saturated heterocycles. The molecule has 1 aliphatic rings. The Morgan fingerprint density at radius 1 is 1.19 bits per heavy atom. The maximum Gasteiger partial charge on any atom is 0.419 e. The average Bonchev–Trinajstić information content (AvgIpc) is 2.60. The third-order valence-corrected chi connectivity index (χ3v) is 4.01. The summed E-state index contributed by atoms with van der Waals surface area (Å²) >= 11 is 0. The van der Waals surface area contributed by atoms with Gasteiger partial charge in [-0.15, -0.1) is 0 Å². The number of aliphatic imine (C=N–C) groups is 1. The first-order valence-corrected chi connectivity index (χ1v) is 7.76. The number of nitrogens with zero attached hydrogens (tertiary/aromatic N) is 2. The van der Waals surface area contributed by atoms with Gasteiger partial charge in [-0.05, 0) is 25.1 Å². The van der Waals surface area contributed by atoms with E-state index in [2.05, 4.69) is 15.3 Å². The molecule has 27 heavy (non-hydrogen) atoms. The number of allylic oxidation sites excluding steroid dienone is 1. The number of alkyl halides is 3. The zero-order valence-electron chi connectivity index (χ0n) is 13.9. The van der Waals surface area contributed by atoms with Gasteiger partial charge in [0.25, 0.3) is 0 Å². The lowest BCUT2D eigenvalue weighted by atomic mass is 9.94. The SMILES string of the molecule is CC1=C(C(=O)O)C(c2cccc(C(F)(F)F)c2F)N=C(c2ccccn2)N1. The van der Waals surface area contributed by atoms with Gasteiger partial charge in [-0.3, -0.25) is 9.98 Å². The number of amidine groups is 1. The summed E-state index contributed by atoms with van der Waals surface area (Å²) < 4.78 is 53.7. The van der Waals surface area contributed by atoms with E-state index in [0.717, 1.165) is 12.1 Å². The van der Waals surface area contributed by atoms with Crippen LogP contribution in [0.5, 0.6) is 0 Å². The molecule has 2 N–H and O–H groups in total. The van der Waals surface area contributed by atoms with E-state index in [-0.39, 0.29) is 17.1 Å². The predicted octanol–water partition coefficient (Wildman–Crippen LogP) is 3.69. The minimum atomic E-state index is -4.91. The van der Waals surface area contributed by atoms with E-state index >= 15 is 0 Å². The van der Waals surface area contributed by atoms with Crippen LogP contribution in [0.1, 0.15) is 29.8 Å². The van der Waals surface area contributed by atoms with Crippen molar-refractivity contribution in [3.05, 3.63) is 76.5 Å². The summed E-state index contributed by atoms with van der Waals surface area (Å²) in [7, 11) is 0. The Bertz CT molecular complexity index is 953. The molecule has 1 atom stereocenters. The largest absolute Gasteiger partial charge is 0.478 e. The third-order valence-electron chi connectivity index (χ3n) is 4.01. The van der Waals surface area contributed by atoms with E-state index in [1.807, 2.05) is 0 Å². The van der Waals surface area contributed by atoms with Crippen LogP contribution in [0.15, 0.2) is 58.9 Å². The normalized spacial score (nSPS) is 17.4. The van der Waals surface area contributed by atoms with Crippen LogP contribution in [0.2, 0.25) is 0 Å². The monoisotopic (exact) mass is 379 g/mol. The smallest absolute Gasteiger partial charge is 0.419 e. The highest BCUT2D eigenvalue weighted by molar-refractivity contribution is 6.02. The standard InChI is InChI=1S/C18H13F4N3O2/c1-9-13(17(26)27)15(25-16(24-9)12-7-2-3-8-23-12)10-5-4-6-11(14(10)19)18(20,21)22/h2-8,15H,1H3,(H,24,25)(H,26,27). The second-order valence-corrected chi connectivity index (χ2v) is 5.77. The molecule has 2 aromatic rings. The van der Waals surface area contributed by atoms with Gasteiger partial charge < -0.3 is 10.4 Å². The number of benzene rings is 1. The van der Waals surface area contributed by atoms with E-state index in [1.165, 1.54) is 13.1 Å². The van der Waals surface area contributed by atoms with Crippen LogP contribution < -0.4 is 5.32 Å². The van der Waals surface area contributed by atoms with Crippen molar-refractivity contribution >= 4 is 11.8 Å². The molecule has 0 bridgehead atoms. The Morgan fingerprint density at radius 3 is 2.52 bits per heavy atom. The first-order chi connectivity index (χ1) is 12.7. The Morgan fingerprint density at radius 2 is 1.93 bits per heavy atom. The maximum absolute atomic E-state index is 14.6. The lowest BCUT2D eigenvalue weighted by Gasteiger charge is -2.25. The molecule has 1 aliphatic heterocycles. The number of halogens is 4. The van der Waals surface area contributed by atoms with Crippen molar-refractivity contribution in [3.8, 4) is 0 Å². The second kappa shape index (κ2) is 6.82. The van der Waals surface area contributed by atoms with Crippen LogP contribution in [-0.4, -0.2) is 21.9 Å². The number of hydrogen-bond donors (Lipinski definition) is 2. The number of pyridine rings is 1. The number of hydrogen-bond acceptors (Lipinski definition) is 4. The third kappa shape index (κ3) is 3.53. The number of carbonyl (C=O) groups is 1. The molecule has 1 unspecified atom stereocenters. The number of aromatic nitrogens is 1. The Hall–Kier alpha value is -3.23. The van der Waals surface area contributed by atoms with Gasteiger partial charge in [-0.25, -0.2) is 9.18 Å². The number of carboxylic acids is 1. The van der Waals surface area contributed by atoms with E-state index in [4.69, 9.17) is 0 Å². The molecule has 0 aliphatic carbocycles. The van der Waals surface area contributed by atoms with Gasteiger partial charge in [0.1, 0.15) is 17.6 Å². The van der Waals surface area contributed by atoms with Crippen molar-refractivity contribution in [1.29, 1.82) is 0 Å². The second-order valence-electron chi connectivity index (χ2n) is 5.77. The number of carboxylic acid groups (broad SMARTS) is 1. The van der Waals surface area contributed by atoms with Crippen LogP contribution in [0, 0.1) is 5.82 Å². The molecule has 0 amide bonds. The molecule has 5 nitrogen and oxygen atoms in total. The van der Waals surface area contributed by atoms with Gasteiger partial charge in [0.05, 0.1) is 11.1 Å². The zero-order valence-corrected chi connectivity index (χ0v) is 13.9. The fraction of sp³-hybridized carbons (Fsp3) is 0.167. The summed E-state index contributed by atoms with van der Waals surface area (Å²) in [5.74, 6) is -2.82. The first kappa shape index (κ1) is 18.6. The molecule has 1 aromatic carbocycles. The Balaban J connectivity index is 2.19. The van der Waals surface area contributed by atoms with E-state index in [1.54, 1.807) is 18.2 Å². The number of aliphatic carboxylic acids is 1. The van der Waals surface area contributed by atoms with E-state index < -0.39 is 35.1 Å². The van der Waals surface area contributed by atoms with Crippen molar-refractivity contribution in [3.63, 3.8) is 0 Å². The first-order valence-electron chi connectivity index (χ1n) is 7.76. The van der Waals surface area contributed by atoms with Gasteiger partial charge in [0, 0.05) is 17.5 Å². The molecule has 1 aromatic heterocycles. The number of rotatable bonds is 3. The minimum Gasteiger partial charge on any atom is -0.478 e. The van der Waals surface area contributed by atoms with Gasteiger partial charge in [0.2, 0.25) is 0 Å². The summed E-state index contributed by atoms with van der Waals surface area (Å²) in [6.07, 6.45) is -3.44. The zero-order chi connectivity index (χ0) is 19.8.